The number of nitrogens with one attached hydrogen (secondary N) is 2. The number of benzene rings is 2. The first kappa shape index (κ1) is 28.7. The summed E-state index contributed by atoms with van der Waals surface area (Å²) in [5.41, 5.74) is 8.16. The number of hydrogen-bond acceptors (Lipinski definition) is 4. The van der Waals surface area contributed by atoms with Crippen LogP contribution in [0, 0.1) is 33.6 Å². The van der Waals surface area contributed by atoms with Crippen LogP contribution in [0.3, 0.4) is 0 Å². The molecule has 0 spiro atoms. The minimum Gasteiger partial charge on any atom is -0.494 e. The molecule has 0 aliphatic heterocycles. The van der Waals surface area contributed by atoms with Crippen LogP contribution < -0.4 is 10.1 Å². The second-order valence-corrected chi connectivity index (χ2v) is 11.5. The molecule has 8 nitrogen and oxygen atoms in total. The molecule has 2 aromatic heterocycles. The quantitative estimate of drug-likeness (QED) is 0.198. The van der Waals surface area contributed by atoms with E-state index in [2.05, 4.69) is 15.4 Å². The Morgan fingerprint density at radius 3 is 2.56 bits per heavy atom. The average Bonchev–Trinajstić information content (AvgIpc) is 3.61. The van der Waals surface area contributed by atoms with Crippen molar-refractivity contribution in [2.75, 3.05) is 6.61 Å². The molecule has 9 heteroatoms. The summed E-state index contributed by atoms with van der Waals surface area (Å²) < 4.78 is 7.93. The van der Waals surface area contributed by atoms with Crippen LogP contribution in [0.5, 0.6) is 5.75 Å². The molecule has 1 saturated carbocycles. The Morgan fingerprint density at radius 2 is 1.90 bits per heavy atom. The summed E-state index contributed by atoms with van der Waals surface area (Å²) >= 11 is 6.31. The second kappa shape index (κ2) is 11.6. The van der Waals surface area contributed by atoms with Crippen LogP contribution >= 0.6 is 11.6 Å². The molecule has 3 N–H and O–H groups in total. The second-order valence-electron chi connectivity index (χ2n) is 11.2. The van der Waals surface area contributed by atoms with Gasteiger partial charge in [0.15, 0.2) is 0 Å². The number of nitrogens with zero attached hydrogens (tertiary/aromatic N) is 2. The number of aryl methyl sites for hydroxylation is 5. The van der Waals surface area contributed by atoms with Gasteiger partial charge in [-0.1, -0.05) is 36.2 Å². The van der Waals surface area contributed by atoms with Gasteiger partial charge in [-0.05, 0) is 82.2 Å². The van der Waals surface area contributed by atoms with Gasteiger partial charge in [-0.25, -0.2) is 0 Å². The van der Waals surface area contributed by atoms with Gasteiger partial charge in [-0.2, -0.15) is 5.10 Å². The summed E-state index contributed by atoms with van der Waals surface area (Å²) in [5.74, 6) is -0.932. The molecule has 1 aliphatic carbocycles. The Kier molecular flexibility index (Phi) is 8.13. The fourth-order valence-corrected chi connectivity index (χ4v) is 6.31. The van der Waals surface area contributed by atoms with Crippen molar-refractivity contribution >= 4 is 34.4 Å². The van der Waals surface area contributed by atoms with E-state index >= 15 is 0 Å². The van der Waals surface area contributed by atoms with E-state index in [9.17, 15) is 14.7 Å². The van der Waals surface area contributed by atoms with Crippen LogP contribution in [0.25, 0.3) is 22.0 Å². The lowest BCUT2D eigenvalue weighted by molar-refractivity contribution is -0.142. The van der Waals surface area contributed by atoms with Gasteiger partial charge in [0.25, 0.3) is 5.91 Å². The SMILES string of the molecule is Cc1cc(OCCCc2c(C(=O)N[C@H]3CCC[C@H]3C(=O)O)[nH]c3c(-c4c(C)nn(C)c4C)cccc23)cc(C)c1Cl. The predicted octanol–water partition coefficient (Wildman–Crippen LogP) is 6.45. The fraction of sp³-hybridized carbons (Fsp3) is 0.406. The number of aliphatic carboxylic acids is 1. The van der Waals surface area contributed by atoms with Crippen LogP contribution in [0.4, 0.5) is 0 Å². The Labute approximate surface area is 245 Å². The van der Waals surface area contributed by atoms with Gasteiger partial charge < -0.3 is 20.1 Å². The molecule has 0 bridgehead atoms. The molecular formula is C32H37ClN4O4. The number of halogens is 1. The number of aromatic nitrogens is 3. The minimum atomic E-state index is -0.862. The van der Waals surface area contributed by atoms with Crippen molar-refractivity contribution in [1.29, 1.82) is 0 Å². The monoisotopic (exact) mass is 576 g/mol. The third kappa shape index (κ3) is 5.58. The first-order valence-electron chi connectivity index (χ1n) is 14.1. The Morgan fingerprint density at radius 1 is 1.17 bits per heavy atom. The molecule has 0 radical (unpaired) electrons. The molecule has 5 rings (SSSR count). The van der Waals surface area contributed by atoms with Gasteiger partial charge in [-0.3, -0.25) is 14.3 Å². The molecule has 2 heterocycles. The lowest BCUT2D eigenvalue weighted by Gasteiger charge is -2.17. The maximum absolute atomic E-state index is 13.7. The summed E-state index contributed by atoms with van der Waals surface area (Å²) in [6.45, 7) is 8.42. The molecule has 1 amide bonds. The Hall–Kier alpha value is -3.78. The highest BCUT2D eigenvalue weighted by Gasteiger charge is 2.35. The van der Waals surface area contributed by atoms with Crippen LogP contribution in [0.2, 0.25) is 5.02 Å². The number of aromatic amines is 1. The van der Waals surface area contributed by atoms with Crippen molar-refractivity contribution in [2.45, 2.75) is 65.8 Å². The van der Waals surface area contributed by atoms with E-state index in [1.165, 1.54) is 0 Å². The van der Waals surface area contributed by atoms with Crippen LogP contribution in [-0.4, -0.2) is 44.4 Å². The summed E-state index contributed by atoms with van der Waals surface area (Å²) in [4.78, 5) is 28.9. The van der Waals surface area contributed by atoms with E-state index in [-0.39, 0.29) is 11.9 Å². The minimum absolute atomic E-state index is 0.273. The van der Waals surface area contributed by atoms with Crippen LogP contribution in [0.15, 0.2) is 30.3 Å². The highest BCUT2D eigenvalue weighted by atomic mass is 35.5. The number of para-hydroxylation sites is 1. The number of carboxylic acids is 1. The Balaban J connectivity index is 1.47. The van der Waals surface area contributed by atoms with Gasteiger partial charge in [0.1, 0.15) is 11.4 Å². The van der Waals surface area contributed by atoms with E-state index < -0.39 is 11.9 Å². The van der Waals surface area contributed by atoms with Crippen molar-refractivity contribution in [2.24, 2.45) is 13.0 Å². The molecule has 1 aliphatic rings. The largest absolute Gasteiger partial charge is 0.494 e. The third-order valence-electron chi connectivity index (χ3n) is 8.35. The summed E-state index contributed by atoms with van der Waals surface area (Å²) in [6, 6.07) is 9.57. The number of fused-ring (bicyclic) bond motifs is 1. The molecule has 0 saturated heterocycles. The van der Waals surface area contributed by atoms with E-state index in [1.807, 2.05) is 69.8 Å². The molecule has 1 fully saturated rings. The van der Waals surface area contributed by atoms with Gasteiger partial charge in [0.2, 0.25) is 0 Å². The van der Waals surface area contributed by atoms with Crippen molar-refractivity contribution in [1.82, 2.24) is 20.1 Å². The summed E-state index contributed by atoms with van der Waals surface area (Å²) in [6.07, 6.45) is 3.31. The van der Waals surface area contributed by atoms with E-state index in [0.29, 0.717) is 38.0 Å². The zero-order chi connectivity index (χ0) is 29.4. The number of carbonyl (C=O) groups is 2. The lowest BCUT2D eigenvalue weighted by atomic mass is 9.98. The number of amides is 1. The molecule has 4 aromatic rings. The van der Waals surface area contributed by atoms with Gasteiger partial charge in [0.05, 0.1) is 23.7 Å². The maximum Gasteiger partial charge on any atom is 0.308 e. The maximum atomic E-state index is 13.7. The highest BCUT2D eigenvalue weighted by molar-refractivity contribution is 6.32. The molecular weight excluding hydrogens is 540 g/mol. The number of ether oxygens (including phenoxy) is 1. The highest BCUT2D eigenvalue weighted by Crippen LogP contribution is 2.36. The van der Waals surface area contributed by atoms with E-state index in [4.69, 9.17) is 16.3 Å². The number of rotatable bonds is 9. The molecule has 216 valence electrons. The van der Waals surface area contributed by atoms with Crippen LogP contribution in [-0.2, 0) is 18.3 Å². The fourth-order valence-electron chi connectivity index (χ4n) is 6.20. The molecule has 2 aromatic carbocycles. The van der Waals surface area contributed by atoms with Crippen molar-refractivity contribution in [3.8, 4) is 16.9 Å². The average molecular weight is 577 g/mol. The summed E-state index contributed by atoms with van der Waals surface area (Å²) in [5, 5.41) is 19.0. The molecule has 0 unspecified atom stereocenters. The zero-order valence-electron chi connectivity index (χ0n) is 24.2. The van der Waals surface area contributed by atoms with Crippen molar-refractivity contribution in [3.05, 3.63) is 69.1 Å². The van der Waals surface area contributed by atoms with Gasteiger partial charge >= 0.3 is 5.97 Å². The standard InChI is InChI=1S/C32H37ClN4O4/c1-17-15-21(16-18(2)28(17)33)41-14-8-12-23-22-9-6-11-25(27-19(3)36-37(5)20(27)4)29(22)35-30(23)31(38)34-26-13-7-10-24(26)32(39)40/h6,9,11,15-16,24,26,35H,7-8,10,12-14H2,1-5H3,(H,34,38)(H,39,40)/t24-,26+/m1/s1. The lowest BCUT2D eigenvalue weighted by Crippen LogP contribution is -2.40. The van der Waals surface area contributed by atoms with Crippen molar-refractivity contribution < 1.29 is 19.4 Å². The summed E-state index contributed by atoms with van der Waals surface area (Å²) in [7, 11) is 1.93. The number of H-pyrrole nitrogens is 1. The number of carboxylic acid groups (broad SMARTS) is 1. The Bertz CT molecular complexity index is 1610. The molecule has 41 heavy (non-hydrogen) atoms. The van der Waals surface area contributed by atoms with E-state index in [0.717, 1.165) is 67.3 Å². The smallest absolute Gasteiger partial charge is 0.308 e. The van der Waals surface area contributed by atoms with Crippen LogP contribution in [0.1, 0.15) is 64.2 Å². The van der Waals surface area contributed by atoms with Gasteiger partial charge in [-0.15, -0.1) is 0 Å². The zero-order valence-corrected chi connectivity index (χ0v) is 25.0. The third-order valence-corrected chi connectivity index (χ3v) is 8.94. The number of carbonyl (C=O) groups excluding carboxylic acids is 1. The normalized spacial score (nSPS) is 16.8. The topological polar surface area (TPSA) is 109 Å². The van der Waals surface area contributed by atoms with E-state index in [1.54, 1.807) is 0 Å². The first-order chi connectivity index (χ1) is 19.6. The molecule has 2 atom stereocenters. The predicted molar refractivity (Wildman–Crippen MR) is 161 cm³/mol. The first-order valence-corrected chi connectivity index (χ1v) is 14.5. The number of hydrogen-bond donors (Lipinski definition) is 3. The van der Waals surface area contributed by atoms with Crippen molar-refractivity contribution in [3.63, 3.8) is 0 Å². The van der Waals surface area contributed by atoms with Gasteiger partial charge in [0, 0.05) is 40.3 Å².